The van der Waals surface area contributed by atoms with E-state index in [4.69, 9.17) is 11.6 Å². The van der Waals surface area contributed by atoms with Crippen molar-refractivity contribution in [2.24, 2.45) is 0 Å². The first-order valence-electron chi connectivity index (χ1n) is 3.45. The molecule has 0 aliphatic carbocycles. The summed E-state index contributed by atoms with van der Waals surface area (Å²) in [5.74, 6) is -1.12. The third kappa shape index (κ3) is 2.67. The van der Waals surface area contributed by atoms with E-state index in [2.05, 4.69) is 21.2 Å². The van der Waals surface area contributed by atoms with Crippen LogP contribution in [-0.2, 0) is 4.79 Å². The van der Waals surface area contributed by atoms with Gasteiger partial charge in [0.15, 0.2) is 0 Å². The first kappa shape index (κ1) is 10.5. The second kappa shape index (κ2) is 4.58. The Morgan fingerprint density at radius 1 is 1.62 bits per heavy atom. The standard InChI is InChI=1S/C8H6BrClFNO/c9-5-2-1-3-6(11)8(5)12-7(13)4-10/h1-3H,4H2,(H,12,13). The molecule has 1 N–H and O–H groups in total. The van der Waals surface area contributed by atoms with Gasteiger partial charge in [0, 0.05) is 4.47 Å². The molecule has 0 saturated heterocycles. The van der Waals surface area contributed by atoms with Crippen molar-refractivity contribution in [3.8, 4) is 0 Å². The van der Waals surface area contributed by atoms with Gasteiger partial charge in [-0.15, -0.1) is 11.6 Å². The van der Waals surface area contributed by atoms with Crippen LogP contribution in [0.3, 0.4) is 0 Å². The topological polar surface area (TPSA) is 29.1 Å². The highest BCUT2D eigenvalue weighted by Crippen LogP contribution is 2.24. The molecule has 0 saturated carbocycles. The fourth-order valence-electron chi connectivity index (χ4n) is 0.790. The Kier molecular flexibility index (Phi) is 3.69. The van der Waals surface area contributed by atoms with Gasteiger partial charge in [-0.2, -0.15) is 0 Å². The minimum atomic E-state index is -0.493. The molecule has 0 atom stereocenters. The second-order valence-electron chi connectivity index (χ2n) is 2.28. The lowest BCUT2D eigenvalue weighted by Gasteiger charge is -2.05. The maximum absolute atomic E-state index is 13.1. The zero-order valence-corrected chi connectivity index (χ0v) is 8.82. The maximum Gasteiger partial charge on any atom is 0.239 e. The minimum Gasteiger partial charge on any atom is -0.322 e. The number of carbonyl (C=O) groups is 1. The van der Waals surface area contributed by atoms with Gasteiger partial charge < -0.3 is 5.32 Å². The number of anilines is 1. The Morgan fingerprint density at radius 3 is 2.85 bits per heavy atom. The third-order valence-electron chi connectivity index (χ3n) is 1.35. The largest absolute Gasteiger partial charge is 0.322 e. The Morgan fingerprint density at radius 2 is 2.31 bits per heavy atom. The van der Waals surface area contributed by atoms with E-state index in [1.807, 2.05) is 0 Å². The van der Waals surface area contributed by atoms with E-state index in [0.29, 0.717) is 4.47 Å². The molecule has 0 heterocycles. The summed E-state index contributed by atoms with van der Waals surface area (Å²) in [5, 5.41) is 2.34. The number of hydrogen-bond donors (Lipinski definition) is 1. The third-order valence-corrected chi connectivity index (χ3v) is 2.25. The van der Waals surface area contributed by atoms with Gasteiger partial charge in [-0.25, -0.2) is 4.39 Å². The Hall–Kier alpha value is -0.610. The van der Waals surface area contributed by atoms with E-state index >= 15 is 0 Å². The predicted octanol–water partition coefficient (Wildman–Crippen LogP) is 2.77. The van der Waals surface area contributed by atoms with Crippen LogP contribution in [-0.4, -0.2) is 11.8 Å². The Bertz CT molecular complexity index is 312. The molecule has 0 unspecified atom stereocenters. The molecule has 70 valence electrons. The van der Waals surface area contributed by atoms with Crippen molar-refractivity contribution < 1.29 is 9.18 Å². The predicted molar refractivity (Wildman–Crippen MR) is 53.4 cm³/mol. The van der Waals surface area contributed by atoms with Crippen LogP contribution < -0.4 is 5.32 Å². The van der Waals surface area contributed by atoms with E-state index < -0.39 is 11.7 Å². The van der Waals surface area contributed by atoms with Crippen LogP contribution in [0.25, 0.3) is 0 Å². The van der Waals surface area contributed by atoms with Gasteiger partial charge in [0.2, 0.25) is 5.91 Å². The summed E-state index contributed by atoms with van der Waals surface area (Å²) in [6, 6.07) is 4.43. The average Bonchev–Trinajstić information content (AvgIpc) is 2.11. The minimum absolute atomic E-state index is 0.119. The van der Waals surface area contributed by atoms with Crippen LogP contribution in [0, 0.1) is 5.82 Å². The molecule has 0 aromatic heterocycles. The summed E-state index contributed by atoms with van der Waals surface area (Å²) in [5.41, 5.74) is 0.119. The molecule has 0 radical (unpaired) electrons. The lowest BCUT2D eigenvalue weighted by atomic mass is 10.3. The molecule has 0 bridgehead atoms. The van der Waals surface area contributed by atoms with Gasteiger partial charge in [-0.05, 0) is 28.1 Å². The molecule has 1 aromatic carbocycles. The van der Waals surface area contributed by atoms with Gasteiger partial charge in [0.1, 0.15) is 11.7 Å². The summed E-state index contributed by atoms with van der Waals surface area (Å²) in [7, 11) is 0. The zero-order chi connectivity index (χ0) is 9.84. The lowest BCUT2D eigenvalue weighted by molar-refractivity contribution is -0.113. The highest BCUT2D eigenvalue weighted by Gasteiger charge is 2.08. The van der Waals surface area contributed by atoms with Gasteiger partial charge in [0.25, 0.3) is 0 Å². The first-order valence-corrected chi connectivity index (χ1v) is 4.77. The number of hydrogen-bond acceptors (Lipinski definition) is 1. The van der Waals surface area contributed by atoms with E-state index in [0.717, 1.165) is 0 Å². The molecular weight excluding hydrogens is 260 g/mol. The van der Waals surface area contributed by atoms with Gasteiger partial charge in [-0.1, -0.05) is 6.07 Å². The van der Waals surface area contributed by atoms with Crippen LogP contribution in [0.1, 0.15) is 0 Å². The second-order valence-corrected chi connectivity index (χ2v) is 3.40. The number of para-hydroxylation sites is 1. The van der Waals surface area contributed by atoms with Crippen molar-refractivity contribution in [2.75, 3.05) is 11.2 Å². The summed E-state index contributed by atoms with van der Waals surface area (Å²) < 4.78 is 13.6. The zero-order valence-electron chi connectivity index (χ0n) is 6.48. The summed E-state index contributed by atoms with van der Waals surface area (Å²) in [6.45, 7) is 0. The number of amides is 1. The van der Waals surface area contributed by atoms with Crippen LogP contribution in [0.2, 0.25) is 0 Å². The molecule has 0 aliphatic rings. The van der Waals surface area contributed by atoms with Crippen molar-refractivity contribution in [3.63, 3.8) is 0 Å². The molecule has 1 aromatic rings. The molecule has 1 rings (SSSR count). The normalized spacial score (nSPS) is 9.77. The molecule has 2 nitrogen and oxygen atoms in total. The van der Waals surface area contributed by atoms with Crippen LogP contribution in [0.5, 0.6) is 0 Å². The highest BCUT2D eigenvalue weighted by molar-refractivity contribution is 9.10. The average molecular weight is 266 g/mol. The maximum atomic E-state index is 13.1. The molecule has 0 aliphatic heterocycles. The summed E-state index contributed by atoms with van der Waals surface area (Å²) in [4.78, 5) is 10.9. The van der Waals surface area contributed by atoms with E-state index in [9.17, 15) is 9.18 Å². The SMILES string of the molecule is O=C(CCl)Nc1c(F)cccc1Br. The molecule has 5 heteroatoms. The molecule has 13 heavy (non-hydrogen) atoms. The van der Waals surface area contributed by atoms with Gasteiger partial charge >= 0.3 is 0 Å². The summed E-state index contributed by atoms with van der Waals surface area (Å²) in [6.07, 6.45) is 0. The fourth-order valence-corrected chi connectivity index (χ4v) is 1.30. The number of halogens is 3. The molecular formula is C8H6BrClFNO. The van der Waals surface area contributed by atoms with E-state index in [-0.39, 0.29) is 11.6 Å². The molecule has 0 spiro atoms. The highest BCUT2D eigenvalue weighted by atomic mass is 79.9. The monoisotopic (exact) mass is 265 g/mol. The van der Waals surface area contributed by atoms with Crippen molar-refractivity contribution in [3.05, 3.63) is 28.5 Å². The van der Waals surface area contributed by atoms with Gasteiger partial charge in [-0.3, -0.25) is 4.79 Å². The van der Waals surface area contributed by atoms with Crippen LogP contribution in [0.4, 0.5) is 10.1 Å². The molecule has 0 fully saturated rings. The van der Waals surface area contributed by atoms with Crippen molar-refractivity contribution in [2.45, 2.75) is 0 Å². The first-order chi connectivity index (χ1) is 6.15. The van der Waals surface area contributed by atoms with Crippen LogP contribution in [0.15, 0.2) is 22.7 Å². The van der Waals surface area contributed by atoms with Gasteiger partial charge in [0.05, 0.1) is 5.69 Å². The Labute approximate surface area is 88.2 Å². The van der Waals surface area contributed by atoms with Crippen molar-refractivity contribution in [1.82, 2.24) is 0 Å². The van der Waals surface area contributed by atoms with E-state index in [1.54, 1.807) is 6.07 Å². The lowest BCUT2D eigenvalue weighted by Crippen LogP contribution is -2.14. The van der Waals surface area contributed by atoms with Crippen molar-refractivity contribution >= 4 is 39.1 Å². The summed E-state index contributed by atoms with van der Waals surface area (Å²) >= 11 is 8.36. The van der Waals surface area contributed by atoms with E-state index in [1.165, 1.54) is 12.1 Å². The number of rotatable bonds is 2. The number of alkyl halides is 1. The smallest absolute Gasteiger partial charge is 0.239 e. The number of benzene rings is 1. The van der Waals surface area contributed by atoms with Crippen molar-refractivity contribution in [1.29, 1.82) is 0 Å². The number of carbonyl (C=O) groups excluding carboxylic acids is 1. The number of nitrogens with one attached hydrogen (secondary N) is 1. The molecule has 1 amide bonds. The quantitative estimate of drug-likeness (QED) is 0.820. The fraction of sp³-hybridized carbons (Fsp3) is 0.125. The Balaban J connectivity index is 2.93. The van der Waals surface area contributed by atoms with Crippen LogP contribution >= 0.6 is 27.5 Å².